The van der Waals surface area contributed by atoms with Gasteiger partial charge in [-0.05, 0) is 53.1 Å². The van der Waals surface area contributed by atoms with Crippen molar-refractivity contribution in [3.8, 4) is 0 Å². The zero-order chi connectivity index (χ0) is 20.8. The molecule has 0 spiro atoms. The fourth-order valence-electron chi connectivity index (χ4n) is 4.14. The molecule has 0 amide bonds. The molecule has 0 fully saturated rings. The van der Waals surface area contributed by atoms with E-state index in [1.807, 2.05) is 0 Å². The number of hydrogen-bond donors (Lipinski definition) is 0. The van der Waals surface area contributed by atoms with Crippen LogP contribution >= 0.6 is 12.2 Å². The number of fused-ring (bicyclic) bond motifs is 1. The SMILES string of the molecule is S=C([S-])c1n(CCCc2ccccc2)c2ccccc2[n+]1CCCc1ccccc1. The molecule has 4 heteroatoms. The second-order valence-electron chi connectivity index (χ2n) is 7.58. The summed E-state index contributed by atoms with van der Waals surface area (Å²) in [5, 5.41) is 0. The molecular weight excluding hydrogens is 404 g/mol. The van der Waals surface area contributed by atoms with E-state index in [9.17, 15) is 0 Å². The lowest BCUT2D eigenvalue weighted by molar-refractivity contribution is -0.673. The Bertz CT molecular complexity index is 1040. The number of benzene rings is 3. The maximum atomic E-state index is 5.54. The summed E-state index contributed by atoms with van der Waals surface area (Å²) in [6.45, 7) is 1.82. The third kappa shape index (κ3) is 4.77. The van der Waals surface area contributed by atoms with E-state index in [1.165, 1.54) is 22.2 Å². The highest BCUT2D eigenvalue weighted by atomic mass is 32.1. The predicted molar refractivity (Wildman–Crippen MR) is 131 cm³/mol. The molecule has 4 aromatic rings. The Morgan fingerprint density at radius 1 is 0.767 bits per heavy atom. The van der Waals surface area contributed by atoms with Gasteiger partial charge in [0, 0.05) is 0 Å². The van der Waals surface area contributed by atoms with Crippen LogP contribution in [-0.2, 0) is 38.6 Å². The summed E-state index contributed by atoms with van der Waals surface area (Å²) in [6, 6.07) is 29.9. The van der Waals surface area contributed by atoms with Crippen LogP contribution in [0.5, 0.6) is 0 Å². The van der Waals surface area contributed by atoms with Crippen molar-refractivity contribution >= 4 is 40.1 Å². The molecule has 0 N–H and O–H groups in total. The van der Waals surface area contributed by atoms with E-state index in [1.54, 1.807) is 0 Å². The Kier molecular flexibility index (Phi) is 6.88. The Hall–Kier alpha value is -2.56. The van der Waals surface area contributed by atoms with E-state index in [0.717, 1.165) is 44.6 Å². The van der Waals surface area contributed by atoms with Crippen LogP contribution in [0.1, 0.15) is 29.8 Å². The van der Waals surface area contributed by atoms with E-state index >= 15 is 0 Å². The maximum Gasteiger partial charge on any atom is 0.269 e. The Morgan fingerprint density at radius 3 is 1.97 bits per heavy atom. The topological polar surface area (TPSA) is 8.81 Å². The van der Waals surface area contributed by atoms with Crippen molar-refractivity contribution in [3.05, 3.63) is 102 Å². The van der Waals surface area contributed by atoms with E-state index < -0.39 is 0 Å². The highest BCUT2D eigenvalue weighted by Crippen LogP contribution is 2.17. The first-order chi connectivity index (χ1) is 14.7. The normalized spacial score (nSPS) is 11.1. The zero-order valence-corrected chi connectivity index (χ0v) is 18.7. The molecule has 1 aromatic heterocycles. The van der Waals surface area contributed by atoms with Gasteiger partial charge in [-0.15, -0.1) is 0 Å². The third-order valence-electron chi connectivity index (χ3n) is 5.54. The van der Waals surface area contributed by atoms with Gasteiger partial charge in [0.15, 0.2) is 11.0 Å². The minimum Gasteiger partial charge on any atom is -0.421 e. The van der Waals surface area contributed by atoms with E-state index in [0.29, 0.717) is 4.20 Å². The lowest BCUT2D eigenvalue weighted by Gasteiger charge is -2.09. The van der Waals surface area contributed by atoms with Crippen LogP contribution in [0.4, 0.5) is 0 Å². The average molecular weight is 431 g/mol. The standard InChI is InChI=1S/C26H26N2S2/c29-26(30)25-27(19-9-15-21-11-3-1-4-12-21)23-17-7-8-18-24(23)28(25)20-10-16-22-13-5-2-6-14-22/h1-8,11-14,17-18H,9-10,15-16,19-20H2. The summed E-state index contributed by atoms with van der Waals surface area (Å²) in [6.07, 6.45) is 4.20. The third-order valence-corrected chi connectivity index (χ3v) is 5.90. The van der Waals surface area contributed by atoms with Gasteiger partial charge in [-0.1, -0.05) is 72.8 Å². The molecule has 2 nitrogen and oxygen atoms in total. The van der Waals surface area contributed by atoms with Gasteiger partial charge in [0.05, 0.1) is 13.1 Å². The molecule has 0 aliphatic heterocycles. The molecule has 3 aromatic carbocycles. The van der Waals surface area contributed by atoms with Crippen molar-refractivity contribution in [2.75, 3.05) is 0 Å². The number of imidazole rings is 1. The second-order valence-corrected chi connectivity index (χ2v) is 8.66. The predicted octanol–water partition coefficient (Wildman–Crippen LogP) is 5.42. The van der Waals surface area contributed by atoms with E-state index in [4.69, 9.17) is 24.8 Å². The van der Waals surface area contributed by atoms with Crippen LogP contribution in [-0.4, -0.2) is 8.76 Å². The summed E-state index contributed by atoms with van der Waals surface area (Å²) in [7, 11) is 0. The van der Waals surface area contributed by atoms with Gasteiger partial charge < -0.3 is 24.8 Å². The summed E-state index contributed by atoms with van der Waals surface area (Å²) in [5.41, 5.74) is 5.17. The van der Waals surface area contributed by atoms with Crippen molar-refractivity contribution in [3.63, 3.8) is 0 Å². The molecule has 0 unspecified atom stereocenters. The summed E-state index contributed by atoms with van der Waals surface area (Å²) in [5.74, 6) is 1.00. The molecule has 0 saturated carbocycles. The first-order valence-electron chi connectivity index (χ1n) is 10.5. The monoisotopic (exact) mass is 430 g/mol. The van der Waals surface area contributed by atoms with Crippen LogP contribution < -0.4 is 4.57 Å². The first-order valence-corrected chi connectivity index (χ1v) is 11.4. The van der Waals surface area contributed by atoms with Gasteiger partial charge in [-0.25, -0.2) is 9.13 Å². The van der Waals surface area contributed by atoms with Crippen molar-refractivity contribution in [2.24, 2.45) is 0 Å². The van der Waals surface area contributed by atoms with Gasteiger partial charge in [0.25, 0.3) is 5.82 Å². The smallest absolute Gasteiger partial charge is 0.269 e. The summed E-state index contributed by atoms with van der Waals surface area (Å²) < 4.78 is 5.21. The number of aryl methyl sites for hydroxylation is 4. The molecule has 30 heavy (non-hydrogen) atoms. The number of hydrogen-bond acceptors (Lipinski definition) is 2. The van der Waals surface area contributed by atoms with Crippen molar-refractivity contribution in [1.29, 1.82) is 0 Å². The van der Waals surface area contributed by atoms with Crippen molar-refractivity contribution < 1.29 is 4.57 Å². The molecular formula is C26H26N2S2. The van der Waals surface area contributed by atoms with Crippen molar-refractivity contribution in [2.45, 2.75) is 38.8 Å². The Morgan fingerprint density at radius 2 is 1.33 bits per heavy atom. The molecule has 0 aliphatic rings. The van der Waals surface area contributed by atoms with E-state index in [-0.39, 0.29) is 0 Å². The molecule has 0 radical (unpaired) electrons. The zero-order valence-electron chi connectivity index (χ0n) is 17.0. The fraction of sp³-hybridized carbons (Fsp3) is 0.231. The number of para-hydroxylation sites is 2. The number of nitrogens with zero attached hydrogens (tertiary/aromatic N) is 2. The lowest BCUT2D eigenvalue weighted by Crippen LogP contribution is -2.40. The number of rotatable bonds is 9. The van der Waals surface area contributed by atoms with E-state index in [2.05, 4.69) is 94.1 Å². The lowest BCUT2D eigenvalue weighted by atomic mass is 10.1. The van der Waals surface area contributed by atoms with Gasteiger partial charge in [-0.3, -0.25) is 0 Å². The Labute approximate surface area is 189 Å². The molecule has 0 bridgehead atoms. The molecule has 0 saturated heterocycles. The van der Waals surface area contributed by atoms with Gasteiger partial charge in [-0.2, -0.15) is 0 Å². The molecule has 0 atom stereocenters. The van der Waals surface area contributed by atoms with Gasteiger partial charge in [0.2, 0.25) is 0 Å². The van der Waals surface area contributed by atoms with Crippen molar-refractivity contribution in [1.82, 2.24) is 4.57 Å². The van der Waals surface area contributed by atoms with Crippen LogP contribution in [0, 0.1) is 0 Å². The van der Waals surface area contributed by atoms with Gasteiger partial charge >= 0.3 is 0 Å². The molecule has 0 aliphatic carbocycles. The fourth-order valence-corrected chi connectivity index (χ4v) is 4.58. The molecule has 1 heterocycles. The summed E-state index contributed by atoms with van der Waals surface area (Å²) in [4.78, 5) is 0. The molecule has 152 valence electrons. The Balaban J connectivity index is 1.57. The summed E-state index contributed by atoms with van der Waals surface area (Å²) >= 11 is 11.1. The largest absolute Gasteiger partial charge is 0.421 e. The first kappa shape index (κ1) is 20.7. The van der Waals surface area contributed by atoms with Crippen LogP contribution in [0.2, 0.25) is 0 Å². The molecule has 4 rings (SSSR count). The minimum atomic E-state index is 0.547. The van der Waals surface area contributed by atoms with Crippen LogP contribution in [0.25, 0.3) is 11.0 Å². The quantitative estimate of drug-likeness (QED) is 0.199. The highest BCUT2D eigenvalue weighted by Gasteiger charge is 2.23. The minimum absolute atomic E-state index is 0.547. The maximum absolute atomic E-state index is 5.54. The number of thiocarbonyl (C=S) groups is 1. The van der Waals surface area contributed by atoms with Crippen LogP contribution in [0.3, 0.4) is 0 Å². The second kappa shape index (κ2) is 9.96. The highest BCUT2D eigenvalue weighted by molar-refractivity contribution is 8.01. The van der Waals surface area contributed by atoms with Gasteiger partial charge in [0.1, 0.15) is 0 Å². The number of aromatic nitrogens is 2. The average Bonchev–Trinajstić information content (AvgIpc) is 3.09. The van der Waals surface area contributed by atoms with Crippen LogP contribution in [0.15, 0.2) is 84.9 Å².